The molecule has 0 saturated heterocycles. The quantitative estimate of drug-likeness (QED) is 0.465. The summed E-state index contributed by atoms with van der Waals surface area (Å²) in [7, 11) is 3.33. The average Bonchev–Trinajstić information content (AvgIpc) is 2.83. The number of nitrogens with zero attached hydrogens (tertiary/aromatic N) is 3. The second kappa shape index (κ2) is 8.71. The van der Waals surface area contributed by atoms with Gasteiger partial charge in [0.2, 0.25) is 0 Å². The smallest absolute Gasteiger partial charge is 0.258 e. The highest BCUT2D eigenvalue weighted by Gasteiger charge is 2.30. The van der Waals surface area contributed by atoms with Crippen LogP contribution in [0.5, 0.6) is 11.5 Å². The summed E-state index contributed by atoms with van der Waals surface area (Å²) in [5, 5.41) is 0. The van der Waals surface area contributed by atoms with Crippen LogP contribution in [0.25, 0.3) is 5.65 Å². The minimum absolute atomic E-state index is 0.0208. The molecule has 3 heterocycles. The Labute approximate surface area is 193 Å². The van der Waals surface area contributed by atoms with E-state index < -0.39 is 0 Å². The van der Waals surface area contributed by atoms with E-state index in [1.807, 2.05) is 31.2 Å². The molecule has 33 heavy (non-hydrogen) atoms. The molecule has 5 rings (SSSR count). The van der Waals surface area contributed by atoms with Crippen LogP contribution in [0.15, 0.2) is 71.5 Å². The number of rotatable bonds is 5. The molecule has 0 radical (unpaired) electrons. The first-order valence-electron chi connectivity index (χ1n) is 11.1. The first-order valence-corrected chi connectivity index (χ1v) is 11.1. The van der Waals surface area contributed by atoms with Crippen molar-refractivity contribution < 1.29 is 9.47 Å². The van der Waals surface area contributed by atoms with Gasteiger partial charge in [-0.15, -0.1) is 0 Å². The molecule has 1 aliphatic heterocycles. The lowest BCUT2D eigenvalue weighted by atomic mass is 9.87. The molecular formula is C27H27N3O3. The van der Waals surface area contributed by atoms with E-state index in [2.05, 4.69) is 41.3 Å². The van der Waals surface area contributed by atoms with Gasteiger partial charge in [-0.3, -0.25) is 14.1 Å². The highest BCUT2D eigenvalue weighted by atomic mass is 16.5. The van der Waals surface area contributed by atoms with Gasteiger partial charge >= 0.3 is 0 Å². The van der Waals surface area contributed by atoms with Gasteiger partial charge in [-0.1, -0.05) is 36.4 Å². The number of benzene rings is 2. The molecule has 6 nitrogen and oxygen atoms in total. The fourth-order valence-corrected chi connectivity index (χ4v) is 4.85. The average molecular weight is 442 g/mol. The molecule has 0 bridgehead atoms. The molecule has 0 amide bonds. The molecule has 2 aromatic heterocycles. The fourth-order valence-electron chi connectivity index (χ4n) is 4.85. The molecule has 0 N–H and O–H groups in total. The van der Waals surface area contributed by atoms with Crippen LogP contribution in [0.1, 0.15) is 34.1 Å². The van der Waals surface area contributed by atoms with Crippen molar-refractivity contribution in [2.24, 2.45) is 0 Å². The highest BCUT2D eigenvalue weighted by Crippen LogP contribution is 2.41. The van der Waals surface area contributed by atoms with Gasteiger partial charge in [0.25, 0.3) is 5.56 Å². The summed E-state index contributed by atoms with van der Waals surface area (Å²) >= 11 is 0. The Morgan fingerprint density at radius 2 is 1.73 bits per heavy atom. The third-order valence-electron chi connectivity index (χ3n) is 6.39. The van der Waals surface area contributed by atoms with Crippen molar-refractivity contribution in [2.45, 2.75) is 25.9 Å². The van der Waals surface area contributed by atoms with Crippen molar-refractivity contribution in [1.29, 1.82) is 0 Å². The van der Waals surface area contributed by atoms with E-state index in [0.29, 0.717) is 12.2 Å². The number of aromatic nitrogens is 2. The Kier molecular flexibility index (Phi) is 5.60. The van der Waals surface area contributed by atoms with Crippen molar-refractivity contribution in [3.63, 3.8) is 0 Å². The van der Waals surface area contributed by atoms with Crippen molar-refractivity contribution >= 4 is 5.65 Å². The van der Waals surface area contributed by atoms with E-state index in [1.54, 1.807) is 24.7 Å². The van der Waals surface area contributed by atoms with E-state index in [0.717, 1.165) is 35.9 Å². The number of methoxy groups -OCH3 is 2. The normalized spacial score (nSPS) is 15.9. The molecule has 168 valence electrons. The molecule has 2 aromatic carbocycles. The Morgan fingerprint density at radius 1 is 0.970 bits per heavy atom. The molecule has 6 heteroatoms. The number of aryl methyl sites for hydroxylation is 1. The molecule has 0 spiro atoms. The molecular weight excluding hydrogens is 414 g/mol. The van der Waals surface area contributed by atoms with Crippen LogP contribution in [-0.4, -0.2) is 35.0 Å². The van der Waals surface area contributed by atoms with Crippen LogP contribution in [-0.2, 0) is 13.0 Å². The van der Waals surface area contributed by atoms with Gasteiger partial charge < -0.3 is 9.47 Å². The van der Waals surface area contributed by atoms with Crippen LogP contribution in [0.4, 0.5) is 0 Å². The van der Waals surface area contributed by atoms with Crippen molar-refractivity contribution in [1.82, 2.24) is 14.3 Å². The zero-order valence-electron chi connectivity index (χ0n) is 19.1. The summed E-state index contributed by atoms with van der Waals surface area (Å²) in [4.78, 5) is 20.0. The zero-order valence-corrected chi connectivity index (χ0v) is 19.1. The zero-order chi connectivity index (χ0) is 22.9. The second-order valence-corrected chi connectivity index (χ2v) is 8.39. The second-order valence-electron chi connectivity index (χ2n) is 8.39. The number of ether oxygens (including phenoxy) is 2. The van der Waals surface area contributed by atoms with E-state index in [9.17, 15) is 4.79 Å². The van der Waals surface area contributed by atoms with Gasteiger partial charge in [0.1, 0.15) is 5.65 Å². The lowest BCUT2D eigenvalue weighted by Gasteiger charge is -2.38. The maximum absolute atomic E-state index is 12.8. The van der Waals surface area contributed by atoms with Crippen LogP contribution in [0, 0.1) is 6.92 Å². The molecule has 4 aromatic rings. The Bertz CT molecular complexity index is 1360. The summed E-state index contributed by atoms with van der Waals surface area (Å²) in [6, 6.07) is 22.0. The lowest BCUT2D eigenvalue weighted by Crippen LogP contribution is -2.36. The third-order valence-corrected chi connectivity index (χ3v) is 6.39. The van der Waals surface area contributed by atoms with Crippen LogP contribution in [0.2, 0.25) is 0 Å². The van der Waals surface area contributed by atoms with Gasteiger partial charge in [-0.2, -0.15) is 0 Å². The maximum Gasteiger partial charge on any atom is 0.258 e. The predicted octanol–water partition coefficient (Wildman–Crippen LogP) is 4.17. The fraction of sp³-hybridized carbons (Fsp3) is 0.259. The number of pyridine rings is 1. The summed E-state index contributed by atoms with van der Waals surface area (Å²) in [5.74, 6) is 1.47. The largest absolute Gasteiger partial charge is 0.493 e. The molecule has 0 saturated carbocycles. The third kappa shape index (κ3) is 3.87. The predicted molar refractivity (Wildman–Crippen MR) is 128 cm³/mol. The standard InChI is InChI=1S/C27H27N3O3/c1-18-8-7-11-25-28-21(15-26(31)30(18)25)17-29-13-12-20-14-23(32-2)24(33-3)16-22(20)27(29)19-9-5-4-6-10-19/h4-11,14-16,27H,12-13,17H2,1-3H3. The SMILES string of the molecule is COc1cc2c(cc1OC)C(c1ccccc1)N(Cc1cc(=O)n3c(C)cccc3n1)CC2. The molecule has 1 atom stereocenters. The first kappa shape index (κ1) is 21.2. The van der Waals surface area contributed by atoms with Crippen LogP contribution in [0.3, 0.4) is 0 Å². The molecule has 0 fully saturated rings. The first-order chi connectivity index (χ1) is 16.1. The maximum atomic E-state index is 12.8. The number of hydrogen-bond donors (Lipinski definition) is 0. The summed E-state index contributed by atoms with van der Waals surface area (Å²) in [6.07, 6.45) is 0.880. The van der Waals surface area contributed by atoms with Gasteiger partial charge in [0, 0.05) is 24.8 Å². The van der Waals surface area contributed by atoms with E-state index in [-0.39, 0.29) is 11.6 Å². The molecule has 1 unspecified atom stereocenters. The van der Waals surface area contributed by atoms with Gasteiger partial charge in [0.05, 0.1) is 26.0 Å². The summed E-state index contributed by atoms with van der Waals surface area (Å²) in [5.41, 5.74) is 5.92. The minimum Gasteiger partial charge on any atom is -0.493 e. The molecule has 0 aliphatic carbocycles. The van der Waals surface area contributed by atoms with Crippen molar-refractivity contribution in [2.75, 3.05) is 20.8 Å². The topological polar surface area (TPSA) is 56.1 Å². The summed E-state index contributed by atoms with van der Waals surface area (Å²) < 4.78 is 12.8. The van der Waals surface area contributed by atoms with Gasteiger partial charge in [-0.25, -0.2) is 4.98 Å². The highest BCUT2D eigenvalue weighted by molar-refractivity contribution is 5.51. The molecule has 1 aliphatic rings. The van der Waals surface area contributed by atoms with E-state index in [1.165, 1.54) is 16.7 Å². The monoisotopic (exact) mass is 441 g/mol. The number of fused-ring (bicyclic) bond motifs is 2. The Hall–Kier alpha value is -3.64. The van der Waals surface area contributed by atoms with Crippen molar-refractivity contribution in [3.8, 4) is 11.5 Å². The van der Waals surface area contributed by atoms with Crippen LogP contribution >= 0.6 is 0 Å². The lowest BCUT2D eigenvalue weighted by molar-refractivity contribution is 0.201. The van der Waals surface area contributed by atoms with Gasteiger partial charge in [0.15, 0.2) is 11.5 Å². The van der Waals surface area contributed by atoms with Gasteiger partial charge in [-0.05, 0) is 54.3 Å². The van der Waals surface area contributed by atoms with E-state index in [4.69, 9.17) is 14.5 Å². The summed E-state index contributed by atoms with van der Waals surface area (Å²) in [6.45, 7) is 3.34. The Morgan fingerprint density at radius 3 is 2.48 bits per heavy atom. The van der Waals surface area contributed by atoms with Crippen molar-refractivity contribution in [3.05, 3.63) is 105 Å². The number of hydrogen-bond acceptors (Lipinski definition) is 5. The Balaban J connectivity index is 1.59. The van der Waals surface area contributed by atoms with Crippen LogP contribution < -0.4 is 15.0 Å². The minimum atomic E-state index is -0.0480. The van der Waals surface area contributed by atoms with E-state index >= 15 is 0 Å².